The second kappa shape index (κ2) is 10.6. The molecule has 30 heavy (non-hydrogen) atoms. The Morgan fingerprint density at radius 3 is 2.73 bits per heavy atom. The molecule has 0 saturated carbocycles. The molecular weight excluding hydrogens is 497 g/mol. The van der Waals surface area contributed by atoms with E-state index in [4.69, 9.17) is 9.26 Å². The smallest absolute Gasteiger partial charge is 0.407 e. The van der Waals surface area contributed by atoms with Gasteiger partial charge in [0, 0.05) is 31.8 Å². The number of halogens is 1. The minimum Gasteiger partial charge on any atom is -0.444 e. The normalized spacial score (nSPS) is 16.7. The van der Waals surface area contributed by atoms with E-state index in [1.54, 1.807) is 7.05 Å². The molecule has 1 unspecified atom stereocenters. The van der Waals surface area contributed by atoms with E-state index in [0.29, 0.717) is 13.1 Å². The van der Waals surface area contributed by atoms with Crippen LogP contribution < -0.4 is 10.6 Å². The molecule has 1 atom stereocenters. The molecule has 0 bridgehead atoms. The molecule has 1 aromatic carbocycles. The van der Waals surface area contributed by atoms with Crippen molar-refractivity contribution >= 4 is 36.0 Å². The fourth-order valence-corrected chi connectivity index (χ4v) is 3.18. The van der Waals surface area contributed by atoms with Gasteiger partial charge < -0.3 is 24.8 Å². The molecule has 0 spiro atoms. The number of nitrogens with one attached hydrogen (secondary N) is 2. The van der Waals surface area contributed by atoms with Crippen molar-refractivity contribution in [2.75, 3.05) is 20.1 Å². The van der Waals surface area contributed by atoms with E-state index < -0.39 is 5.60 Å². The number of aromatic nitrogens is 1. The summed E-state index contributed by atoms with van der Waals surface area (Å²) in [5.74, 6) is 1.50. The molecule has 9 heteroatoms. The summed E-state index contributed by atoms with van der Waals surface area (Å²) in [4.78, 5) is 18.4. The maximum atomic E-state index is 12.0. The summed E-state index contributed by atoms with van der Waals surface area (Å²) in [6, 6.07) is 11.8. The van der Waals surface area contributed by atoms with Crippen LogP contribution >= 0.6 is 24.0 Å². The molecule has 164 valence electrons. The lowest BCUT2D eigenvalue weighted by Crippen LogP contribution is -2.44. The fraction of sp³-hybridized carbons (Fsp3) is 0.476. The molecule has 1 fully saturated rings. The Hall–Kier alpha value is -2.30. The average molecular weight is 527 g/mol. The van der Waals surface area contributed by atoms with Crippen LogP contribution in [0.1, 0.15) is 32.9 Å². The number of aliphatic imine (C=N–C) groups is 1. The lowest BCUT2D eigenvalue weighted by Gasteiger charge is -2.23. The summed E-state index contributed by atoms with van der Waals surface area (Å²) in [6.07, 6.45) is 0.450. The zero-order valence-corrected chi connectivity index (χ0v) is 20.2. The summed E-state index contributed by atoms with van der Waals surface area (Å²) >= 11 is 0. The fourth-order valence-electron chi connectivity index (χ4n) is 3.18. The molecule has 1 aromatic heterocycles. The Kier molecular flexibility index (Phi) is 8.51. The van der Waals surface area contributed by atoms with Crippen molar-refractivity contribution in [1.29, 1.82) is 0 Å². The van der Waals surface area contributed by atoms with E-state index in [1.807, 2.05) is 57.2 Å². The lowest BCUT2D eigenvalue weighted by atomic mass is 10.2. The highest BCUT2D eigenvalue weighted by atomic mass is 127. The van der Waals surface area contributed by atoms with Crippen molar-refractivity contribution in [2.24, 2.45) is 4.99 Å². The van der Waals surface area contributed by atoms with Crippen LogP contribution in [-0.2, 0) is 11.3 Å². The largest absolute Gasteiger partial charge is 0.444 e. The van der Waals surface area contributed by atoms with Crippen molar-refractivity contribution in [3.63, 3.8) is 0 Å². The highest BCUT2D eigenvalue weighted by Gasteiger charge is 2.27. The molecule has 1 aliphatic rings. The van der Waals surface area contributed by atoms with Gasteiger partial charge in [0.05, 0.1) is 12.6 Å². The first-order valence-corrected chi connectivity index (χ1v) is 9.80. The second-order valence-corrected chi connectivity index (χ2v) is 8.03. The van der Waals surface area contributed by atoms with Gasteiger partial charge in [0.1, 0.15) is 11.3 Å². The minimum atomic E-state index is -0.504. The van der Waals surface area contributed by atoms with E-state index in [9.17, 15) is 4.79 Å². The Labute approximate surface area is 194 Å². The first-order chi connectivity index (χ1) is 13.8. The quantitative estimate of drug-likeness (QED) is 0.359. The van der Waals surface area contributed by atoms with Gasteiger partial charge in [-0.25, -0.2) is 4.79 Å². The molecule has 0 radical (unpaired) electrons. The van der Waals surface area contributed by atoms with Crippen LogP contribution in [-0.4, -0.2) is 53.9 Å². The van der Waals surface area contributed by atoms with Gasteiger partial charge in [0.2, 0.25) is 0 Å². The molecule has 2 aromatic rings. The van der Waals surface area contributed by atoms with Crippen LogP contribution in [0, 0.1) is 0 Å². The van der Waals surface area contributed by atoms with E-state index in [0.717, 1.165) is 35.9 Å². The van der Waals surface area contributed by atoms with E-state index in [2.05, 4.69) is 25.7 Å². The van der Waals surface area contributed by atoms with E-state index in [1.165, 1.54) is 0 Å². The predicted octanol–water partition coefficient (Wildman–Crippen LogP) is 3.63. The third-order valence-electron chi connectivity index (χ3n) is 4.47. The van der Waals surface area contributed by atoms with E-state index in [-0.39, 0.29) is 36.1 Å². The summed E-state index contributed by atoms with van der Waals surface area (Å²) < 4.78 is 10.8. The van der Waals surface area contributed by atoms with Gasteiger partial charge >= 0.3 is 6.09 Å². The molecule has 2 heterocycles. The number of benzene rings is 1. The molecule has 2 N–H and O–H groups in total. The number of carbonyl (C=O) groups is 1. The SMILES string of the molecule is CN=C(NCc1cc(-c2ccccc2)on1)N1CCC(NC(=O)OC(C)(C)C)C1.I. The van der Waals surface area contributed by atoms with Crippen LogP contribution in [0.25, 0.3) is 11.3 Å². The minimum absolute atomic E-state index is 0. The molecule has 1 saturated heterocycles. The number of hydrogen-bond acceptors (Lipinski definition) is 5. The number of guanidine groups is 1. The molecule has 0 aliphatic carbocycles. The van der Waals surface area contributed by atoms with Gasteiger partial charge in [0.25, 0.3) is 0 Å². The average Bonchev–Trinajstić information content (AvgIpc) is 3.31. The number of amides is 1. The van der Waals surface area contributed by atoms with Gasteiger partial charge in [-0.15, -0.1) is 24.0 Å². The highest BCUT2D eigenvalue weighted by molar-refractivity contribution is 14.0. The summed E-state index contributed by atoms with van der Waals surface area (Å²) in [5, 5.41) is 10.4. The monoisotopic (exact) mass is 527 g/mol. The predicted molar refractivity (Wildman–Crippen MR) is 127 cm³/mol. The Bertz CT molecular complexity index is 848. The zero-order valence-electron chi connectivity index (χ0n) is 17.8. The Balaban J connectivity index is 0.00000320. The topological polar surface area (TPSA) is 92.0 Å². The van der Waals surface area contributed by atoms with Crippen LogP contribution in [0.5, 0.6) is 0 Å². The number of ether oxygens (including phenoxy) is 1. The van der Waals surface area contributed by atoms with Crippen molar-refractivity contribution in [2.45, 2.75) is 45.4 Å². The Morgan fingerprint density at radius 2 is 2.07 bits per heavy atom. The number of carbonyl (C=O) groups excluding carboxylic acids is 1. The number of nitrogens with zero attached hydrogens (tertiary/aromatic N) is 3. The first kappa shape index (κ1) is 24.0. The molecule has 3 rings (SSSR count). The number of likely N-dealkylation sites (tertiary alicyclic amines) is 1. The van der Waals surface area contributed by atoms with Gasteiger partial charge in [-0.2, -0.15) is 0 Å². The van der Waals surface area contributed by atoms with Crippen LogP contribution in [0.3, 0.4) is 0 Å². The summed E-state index contributed by atoms with van der Waals surface area (Å²) in [5.41, 5.74) is 1.29. The zero-order chi connectivity index (χ0) is 20.9. The van der Waals surface area contributed by atoms with Crippen LogP contribution in [0.15, 0.2) is 45.9 Å². The third kappa shape index (κ3) is 6.89. The van der Waals surface area contributed by atoms with Gasteiger partial charge in [-0.05, 0) is 27.2 Å². The maximum absolute atomic E-state index is 12.0. The van der Waals surface area contributed by atoms with Crippen molar-refractivity contribution in [1.82, 2.24) is 20.7 Å². The highest BCUT2D eigenvalue weighted by Crippen LogP contribution is 2.19. The molecule has 1 aliphatic heterocycles. The number of rotatable bonds is 4. The summed E-state index contributed by atoms with van der Waals surface area (Å²) in [7, 11) is 1.75. The van der Waals surface area contributed by atoms with Gasteiger partial charge in [0.15, 0.2) is 11.7 Å². The number of alkyl carbamates (subject to hydrolysis) is 1. The maximum Gasteiger partial charge on any atom is 0.407 e. The summed E-state index contributed by atoms with van der Waals surface area (Å²) in [6.45, 7) is 7.54. The van der Waals surface area contributed by atoms with Crippen LogP contribution in [0.4, 0.5) is 4.79 Å². The standard InChI is InChI=1S/C21H29N5O3.HI/c1-21(2,3)28-20(27)24-16-10-11-26(14-16)19(22-4)23-13-17-12-18(29-25-17)15-8-6-5-7-9-15;/h5-9,12,16H,10-11,13-14H2,1-4H3,(H,22,23)(H,24,27);1H. The van der Waals surface area contributed by atoms with E-state index >= 15 is 0 Å². The Morgan fingerprint density at radius 1 is 1.33 bits per heavy atom. The lowest BCUT2D eigenvalue weighted by molar-refractivity contribution is 0.0507. The van der Waals surface area contributed by atoms with Crippen LogP contribution in [0.2, 0.25) is 0 Å². The first-order valence-electron chi connectivity index (χ1n) is 9.80. The van der Waals surface area contributed by atoms with Crippen molar-refractivity contribution in [3.8, 4) is 11.3 Å². The molecule has 8 nitrogen and oxygen atoms in total. The second-order valence-electron chi connectivity index (χ2n) is 8.03. The number of hydrogen-bond donors (Lipinski definition) is 2. The van der Waals surface area contributed by atoms with Gasteiger partial charge in [-0.3, -0.25) is 4.99 Å². The van der Waals surface area contributed by atoms with Crippen molar-refractivity contribution < 1.29 is 14.1 Å². The van der Waals surface area contributed by atoms with Crippen molar-refractivity contribution in [3.05, 3.63) is 42.1 Å². The van der Waals surface area contributed by atoms with Gasteiger partial charge in [-0.1, -0.05) is 35.5 Å². The third-order valence-corrected chi connectivity index (χ3v) is 4.47. The molecular formula is C21H30IN5O3. The molecule has 1 amide bonds.